The zero-order chi connectivity index (χ0) is 10.1. The van der Waals surface area contributed by atoms with Crippen LogP contribution in [0.4, 0.5) is 0 Å². The van der Waals surface area contributed by atoms with E-state index in [0.717, 1.165) is 12.3 Å². The quantitative estimate of drug-likeness (QED) is 0.711. The second-order valence-electron chi connectivity index (χ2n) is 3.59. The van der Waals surface area contributed by atoms with E-state index in [1.165, 1.54) is 5.56 Å². The average Bonchev–Trinajstić information content (AvgIpc) is 2.06. The maximum absolute atomic E-state index is 3.07. The van der Waals surface area contributed by atoms with E-state index in [0.29, 0.717) is 0 Å². The maximum atomic E-state index is 3.07. The Morgan fingerprint density at radius 3 is 2.29 bits per heavy atom. The van der Waals surface area contributed by atoms with Crippen molar-refractivity contribution in [2.45, 2.75) is 34.1 Å². The smallest absolute Gasteiger partial charge is 0 e. The molecule has 0 saturated heterocycles. The Labute approximate surface area is 114 Å². The van der Waals surface area contributed by atoms with Crippen LogP contribution in [0.1, 0.15) is 33.3 Å². The van der Waals surface area contributed by atoms with Gasteiger partial charge in [-0.2, -0.15) is 49.7 Å². The third-order valence-electron chi connectivity index (χ3n) is 1.42. The third-order valence-corrected chi connectivity index (χ3v) is 1.42. The van der Waals surface area contributed by atoms with Crippen molar-refractivity contribution in [3.05, 3.63) is 42.3 Å². The van der Waals surface area contributed by atoms with Crippen molar-refractivity contribution in [1.29, 1.82) is 0 Å². The van der Waals surface area contributed by atoms with E-state index in [2.05, 4.69) is 32.0 Å². The first-order valence-electron chi connectivity index (χ1n) is 4.89. The van der Waals surface area contributed by atoms with Crippen LogP contribution in [0.5, 0.6) is 0 Å². The zero-order valence-electron chi connectivity index (χ0n) is 9.75. The first-order chi connectivity index (χ1) is 6.20. The molecule has 0 aliphatic heterocycles. The Hall–Kier alpha value is 0.324. The van der Waals surface area contributed by atoms with E-state index in [9.17, 15) is 0 Å². The number of hydrogen-bond acceptors (Lipinski definition) is 0. The molecule has 0 aromatic heterocycles. The fourth-order valence-electron chi connectivity index (χ4n) is 1.03. The molecule has 1 rings (SSSR count). The summed E-state index contributed by atoms with van der Waals surface area (Å²) in [4.78, 5) is 0. The first kappa shape index (κ1) is 16.7. The van der Waals surface area contributed by atoms with Gasteiger partial charge in [0, 0.05) is 32.7 Å². The van der Waals surface area contributed by atoms with Crippen molar-refractivity contribution in [2.75, 3.05) is 0 Å². The summed E-state index contributed by atoms with van der Waals surface area (Å²) in [5.74, 6) is 0.746. The summed E-state index contributed by atoms with van der Waals surface area (Å²) in [5.41, 5.74) is 1.39. The Kier molecular flexibility index (Phi) is 13.6. The minimum atomic E-state index is 0. The topological polar surface area (TPSA) is 0 Å². The van der Waals surface area contributed by atoms with Gasteiger partial charge >= 0.3 is 0 Å². The van der Waals surface area contributed by atoms with E-state index in [4.69, 9.17) is 0 Å². The molecule has 0 aliphatic rings. The van der Waals surface area contributed by atoms with Crippen LogP contribution in [0.3, 0.4) is 0 Å². The van der Waals surface area contributed by atoms with Gasteiger partial charge in [-0.3, -0.25) is 0 Å². The van der Waals surface area contributed by atoms with E-state index >= 15 is 0 Å². The second-order valence-corrected chi connectivity index (χ2v) is 3.59. The monoisotopic (exact) mass is 265 g/mol. The summed E-state index contributed by atoms with van der Waals surface area (Å²) in [6.45, 7) is 8.46. The predicted octanol–water partition coefficient (Wildman–Crippen LogP) is 3.91. The molecule has 1 heteroatoms. The maximum Gasteiger partial charge on any atom is 0 e. The van der Waals surface area contributed by atoms with Crippen LogP contribution in [-0.4, -0.2) is 0 Å². The summed E-state index contributed by atoms with van der Waals surface area (Å²) in [7, 11) is 0. The molecule has 14 heavy (non-hydrogen) atoms. The van der Waals surface area contributed by atoms with Gasteiger partial charge in [0.15, 0.2) is 0 Å². The zero-order valence-corrected chi connectivity index (χ0v) is 12.6. The van der Waals surface area contributed by atoms with Crippen LogP contribution < -0.4 is 0 Å². The standard InChI is InChI=1S/C10H13.C3H7.Y/c1-9(2)8-10-6-4-3-5-7-10;1-3-2;/h3-4,6-7,9H,8H2,1-2H3;3H,1-2H3;/q2*-1;. The average molecular weight is 265 g/mol. The number of hydrogen-bond donors (Lipinski definition) is 0. The van der Waals surface area contributed by atoms with Gasteiger partial charge in [0.25, 0.3) is 0 Å². The summed E-state index contributed by atoms with van der Waals surface area (Å²) in [6.07, 6.45) is 3.16. The molecule has 0 atom stereocenters. The Morgan fingerprint density at radius 1 is 1.36 bits per heavy atom. The van der Waals surface area contributed by atoms with Gasteiger partial charge in [0.2, 0.25) is 0 Å². The molecule has 0 nitrogen and oxygen atoms in total. The van der Waals surface area contributed by atoms with Crippen LogP contribution in [0.25, 0.3) is 0 Å². The second kappa shape index (κ2) is 11.4. The van der Waals surface area contributed by atoms with Gasteiger partial charge in [-0.15, -0.1) is 0 Å². The van der Waals surface area contributed by atoms with E-state index < -0.39 is 0 Å². The fourth-order valence-corrected chi connectivity index (χ4v) is 1.03. The summed E-state index contributed by atoms with van der Waals surface area (Å²) in [6, 6.07) is 11.2. The molecule has 0 saturated carbocycles. The van der Waals surface area contributed by atoms with Crippen molar-refractivity contribution >= 4 is 0 Å². The van der Waals surface area contributed by atoms with Gasteiger partial charge in [-0.1, -0.05) is 26.2 Å². The largest absolute Gasteiger partial charge is 0.335 e. The van der Waals surface area contributed by atoms with Crippen molar-refractivity contribution < 1.29 is 32.7 Å². The number of rotatable bonds is 2. The fraction of sp³-hybridized carbons (Fsp3) is 0.462. The van der Waals surface area contributed by atoms with Gasteiger partial charge < -0.3 is 6.42 Å². The molecule has 1 aromatic carbocycles. The van der Waals surface area contributed by atoms with Crippen LogP contribution in [0, 0.1) is 18.4 Å². The molecule has 77 valence electrons. The van der Waals surface area contributed by atoms with Crippen molar-refractivity contribution in [3.63, 3.8) is 0 Å². The minimum absolute atomic E-state index is 0. The van der Waals surface area contributed by atoms with Gasteiger partial charge in [0.05, 0.1) is 0 Å². The van der Waals surface area contributed by atoms with Crippen LogP contribution in [-0.2, 0) is 39.1 Å². The predicted molar refractivity (Wildman–Crippen MR) is 59.5 cm³/mol. The van der Waals surface area contributed by atoms with Crippen LogP contribution in [0.15, 0.2) is 24.3 Å². The minimum Gasteiger partial charge on any atom is -0.335 e. The normalized spacial score (nSPS) is 8.64. The van der Waals surface area contributed by atoms with Gasteiger partial charge in [0.1, 0.15) is 0 Å². The Balaban J connectivity index is 0. The van der Waals surface area contributed by atoms with Crippen molar-refractivity contribution in [3.8, 4) is 0 Å². The molecule has 1 radical (unpaired) electrons. The molecule has 0 aliphatic carbocycles. The number of benzene rings is 1. The Morgan fingerprint density at radius 2 is 1.93 bits per heavy atom. The van der Waals surface area contributed by atoms with Crippen LogP contribution in [0.2, 0.25) is 0 Å². The van der Waals surface area contributed by atoms with Crippen molar-refractivity contribution in [2.24, 2.45) is 5.92 Å². The van der Waals surface area contributed by atoms with Gasteiger partial charge in [-0.25, -0.2) is 0 Å². The molecule has 0 spiro atoms. The van der Waals surface area contributed by atoms with Gasteiger partial charge in [-0.05, 0) is 0 Å². The molecule has 0 unspecified atom stereocenters. The van der Waals surface area contributed by atoms with E-state index in [1.807, 2.05) is 32.4 Å². The summed E-state index contributed by atoms with van der Waals surface area (Å²) >= 11 is 0. The molecule has 0 bridgehead atoms. The molecule has 0 amide bonds. The van der Waals surface area contributed by atoms with Crippen LogP contribution >= 0.6 is 0 Å². The molecule has 1 aromatic rings. The SMILES string of the molecule is CC(C)Cc1c[c-]ccc1.C[CH-]C.[Y]. The molecule has 0 N–H and O–H groups in total. The Bertz CT molecular complexity index is 192. The third kappa shape index (κ3) is 10.4. The van der Waals surface area contributed by atoms with Crippen molar-refractivity contribution in [1.82, 2.24) is 0 Å². The summed E-state index contributed by atoms with van der Waals surface area (Å²) < 4.78 is 0. The van der Waals surface area contributed by atoms with E-state index in [-0.39, 0.29) is 32.7 Å². The van der Waals surface area contributed by atoms with E-state index in [1.54, 1.807) is 0 Å². The summed E-state index contributed by atoms with van der Waals surface area (Å²) in [5, 5.41) is 0. The molecule has 0 fully saturated rings. The first-order valence-corrected chi connectivity index (χ1v) is 4.89. The molecular weight excluding hydrogens is 245 g/mol. The molecule has 0 heterocycles. The molecular formula is C13H20Y-2.